The minimum atomic E-state index is 0.317. The quantitative estimate of drug-likeness (QED) is 0.916. The van der Waals surface area contributed by atoms with E-state index in [1.54, 1.807) is 0 Å². The van der Waals surface area contributed by atoms with Crippen LogP contribution in [-0.2, 0) is 13.0 Å². The van der Waals surface area contributed by atoms with Crippen molar-refractivity contribution in [3.63, 3.8) is 0 Å². The molecule has 0 aliphatic heterocycles. The van der Waals surface area contributed by atoms with Crippen molar-refractivity contribution >= 4 is 11.6 Å². The molecule has 3 unspecified atom stereocenters. The van der Waals surface area contributed by atoms with Crippen LogP contribution in [0, 0.1) is 18.8 Å². The van der Waals surface area contributed by atoms with Gasteiger partial charge in [0.15, 0.2) is 0 Å². The van der Waals surface area contributed by atoms with Gasteiger partial charge in [0.1, 0.15) is 0 Å². The molecule has 0 amide bonds. The summed E-state index contributed by atoms with van der Waals surface area (Å²) in [6, 6.07) is 0.317. The average molecular weight is 270 g/mol. The Hall–Kier alpha value is -0.540. The molecule has 0 spiro atoms. The summed E-state index contributed by atoms with van der Waals surface area (Å²) in [6.07, 6.45) is 4.59. The Kier molecular flexibility index (Phi) is 4.33. The molecule has 2 rings (SSSR count). The molecular formula is C14H24ClN3. The highest BCUT2D eigenvalue weighted by molar-refractivity contribution is 6.31. The maximum atomic E-state index is 6.37. The maximum absolute atomic E-state index is 6.37. The number of nitrogens with zero attached hydrogens (tertiary/aromatic N) is 2. The van der Waals surface area contributed by atoms with Crippen LogP contribution in [0.3, 0.4) is 0 Å². The largest absolute Gasteiger partial charge is 0.327 e. The zero-order valence-corrected chi connectivity index (χ0v) is 12.4. The third-order valence-corrected chi connectivity index (χ3v) is 4.70. The number of hydrogen-bond donors (Lipinski definition) is 1. The van der Waals surface area contributed by atoms with Crippen molar-refractivity contribution in [2.45, 2.75) is 59.0 Å². The van der Waals surface area contributed by atoms with Crippen LogP contribution in [0.25, 0.3) is 0 Å². The summed E-state index contributed by atoms with van der Waals surface area (Å²) in [5, 5.41) is 5.32. The van der Waals surface area contributed by atoms with E-state index in [0.717, 1.165) is 36.0 Å². The van der Waals surface area contributed by atoms with E-state index in [1.807, 2.05) is 11.6 Å². The molecule has 1 fully saturated rings. The van der Waals surface area contributed by atoms with Crippen molar-refractivity contribution < 1.29 is 0 Å². The molecule has 3 nitrogen and oxygen atoms in total. The van der Waals surface area contributed by atoms with Crippen LogP contribution >= 0.6 is 11.6 Å². The summed E-state index contributed by atoms with van der Waals surface area (Å²) in [6.45, 7) is 7.28. The van der Waals surface area contributed by atoms with Crippen molar-refractivity contribution in [2.24, 2.45) is 17.6 Å². The van der Waals surface area contributed by atoms with Gasteiger partial charge in [-0.3, -0.25) is 4.68 Å². The number of aromatic nitrogens is 2. The zero-order valence-electron chi connectivity index (χ0n) is 11.6. The van der Waals surface area contributed by atoms with Crippen LogP contribution in [0.2, 0.25) is 5.02 Å². The minimum absolute atomic E-state index is 0.317. The summed E-state index contributed by atoms with van der Waals surface area (Å²) in [5.74, 6) is 1.33. The Morgan fingerprint density at radius 2 is 2.17 bits per heavy atom. The molecule has 1 aliphatic rings. The molecule has 18 heavy (non-hydrogen) atoms. The topological polar surface area (TPSA) is 43.8 Å². The van der Waals surface area contributed by atoms with Gasteiger partial charge in [-0.25, -0.2) is 0 Å². The summed E-state index contributed by atoms with van der Waals surface area (Å²) in [5.41, 5.74) is 8.37. The van der Waals surface area contributed by atoms with Crippen molar-refractivity contribution in [1.29, 1.82) is 0 Å². The van der Waals surface area contributed by atoms with Crippen LogP contribution in [0.4, 0.5) is 0 Å². The molecule has 0 bridgehead atoms. The summed E-state index contributed by atoms with van der Waals surface area (Å²) in [7, 11) is 0. The first-order valence-corrected chi connectivity index (χ1v) is 7.38. The van der Waals surface area contributed by atoms with Crippen molar-refractivity contribution in [3.8, 4) is 0 Å². The van der Waals surface area contributed by atoms with E-state index < -0.39 is 0 Å². The van der Waals surface area contributed by atoms with Crippen LogP contribution < -0.4 is 5.73 Å². The van der Waals surface area contributed by atoms with Gasteiger partial charge < -0.3 is 5.73 Å². The van der Waals surface area contributed by atoms with Crippen LogP contribution in [0.1, 0.15) is 44.5 Å². The van der Waals surface area contributed by atoms with Crippen molar-refractivity contribution in [2.75, 3.05) is 0 Å². The molecule has 1 aliphatic carbocycles. The third kappa shape index (κ3) is 2.72. The fraction of sp³-hybridized carbons (Fsp3) is 0.786. The lowest BCUT2D eigenvalue weighted by atomic mass is 9.77. The molecule has 1 saturated carbocycles. The van der Waals surface area contributed by atoms with E-state index in [4.69, 9.17) is 17.3 Å². The second kappa shape index (κ2) is 5.62. The molecule has 102 valence electrons. The van der Waals surface area contributed by atoms with Gasteiger partial charge in [0.05, 0.1) is 16.4 Å². The lowest BCUT2D eigenvalue weighted by molar-refractivity contribution is 0.241. The number of halogens is 1. The van der Waals surface area contributed by atoms with E-state index in [1.165, 1.54) is 18.5 Å². The Morgan fingerprint density at radius 1 is 1.44 bits per heavy atom. The first kappa shape index (κ1) is 13.9. The minimum Gasteiger partial charge on any atom is -0.327 e. The number of nitrogens with two attached hydrogens (primary N) is 1. The predicted octanol–water partition coefficient (Wildman–Crippen LogP) is 3.17. The fourth-order valence-corrected chi connectivity index (χ4v) is 3.28. The molecule has 1 heterocycles. The van der Waals surface area contributed by atoms with E-state index in [-0.39, 0.29) is 0 Å². The summed E-state index contributed by atoms with van der Waals surface area (Å²) < 4.78 is 2.03. The van der Waals surface area contributed by atoms with E-state index in [9.17, 15) is 0 Å². The fourth-order valence-electron chi connectivity index (χ4n) is 3.07. The summed E-state index contributed by atoms with van der Waals surface area (Å²) >= 11 is 6.37. The van der Waals surface area contributed by atoms with Crippen LogP contribution in [0.5, 0.6) is 0 Å². The number of rotatable bonds is 3. The molecule has 1 aromatic heterocycles. The highest BCUT2D eigenvalue weighted by atomic mass is 35.5. The molecule has 4 heteroatoms. The van der Waals surface area contributed by atoms with Gasteiger partial charge in [0.2, 0.25) is 0 Å². The predicted molar refractivity (Wildman–Crippen MR) is 75.8 cm³/mol. The van der Waals surface area contributed by atoms with E-state index in [0.29, 0.717) is 12.0 Å². The SMILES string of the molecule is CCn1nc(C)c(Cl)c1CC1CC(C)CCC1N. The lowest BCUT2D eigenvalue weighted by Crippen LogP contribution is -2.37. The molecule has 0 saturated heterocycles. The van der Waals surface area contributed by atoms with E-state index >= 15 is 0 Å². The van der Waals surface area contributed by atoms with E-state index in [2.05, 4.69) is 18.9 Å². The summed E-state index contributed by atoms with van der Waals surface area (Å²) in [4.78, 5) is 0. The Morgan fingerprint density at radius 3 is 2.83 bits per heavy atom. The van der Waals surface area contributed by atoms with Crippen LogP contribution in [0.15, 0.2) is 0 Å². The van der Waals surface area contributed by atoms with Gasteiger partial charge >= 0.3 is 0 Å². The lowest BCUT2D eigenvalue weighted by Gasteiger charge is -2.32. The Balaban J connectivity index is 2.17. The smallest absolute Gasteiger partial charge is 0.0847 e. The average Bonchev–Trinajstić information content (AvgIpc) is 2.61. The molecule has 0 radical (unpaired) electrons. The van der Waals surface area contributed by atoms with Crippen molar-refractivity contribution in [1.82, 2.24) is 9.78 Å². The third-order valence-electron chi connectivity index (χ3n) is 4.21. The zero-order chi connectivity index (χ0) is 13.3. The standard InChI is InChI=1S/C14H24ClN3/c1-4-18-13(14(15)10(3)17-18)8-11-7-9(2)5-6-12(11)16/h9,11-12H,4-8,16H2,1-3H3. The Labute approximate surface area is 115 Å². The monoisotopic (exact) mass is 269 g/mol. The first-order chi connectivity index (χ1) is 8.52. The van der Waals surface area contributed by atoms with Gasteiger partial charge in [-0.1, -0.05) is 18.5 Å². The van der Waals surface area contributed by atoms with Gasteiger partial charge in [0.25, 0.3) is 0 Å². The second-order valence-electron chi connectivity index (χ2n) is 5.71. The molecular weight excluding hydrogens is 246 g/mol. The van der Waals surface area contributed by atoms with Crippen molar-refractivity contribution in [3.05, 3.63) is 16.4 Å². The number of hydrogen-bond acceptors (Lipinski definition) is 2. The first-order valence-electron chi connectivity index (χ1n) is 7.00. The molecule has 1 aromatic rings. The Bertz CT molecular complexity index is 413. The van der Waals surface area contributed by atoms with Gasteiger partial charge in [-0.05, 0) is 51.4 Å². The normalized spacial score (nSPS) is 28.6. The van der Waals surface area contributed by atoms with Gasteiger partial charge in [0, 0.05) is 12.6 Å². The second-order valence-corrected chi connectivity index (χ2v) is 6.09. The highest BCUT2D eigenvalue weighted by Gasteiger charge is 2.28. The maximum Gasteiger partial charge on any atom is 0.0847 e. The molecule has 3 atom stereocenters. The van der Waals surface area contributed by atoms with Gasteiger partial charge in [-0.2, -0.15) is 5.10 Å². The van der Waals surface area contributed by atoms with Gasteiger partial charge in [-0.15, -0.1) is 0 Å². The van der Waals surface area contributed by atoms with Crippen LogP contribution in [-0.4, -0.2) is 15.8 Å². The molecule has 2 N–H and O–H groups in total. The highest BCUT2D eigenvalue weighted by Crippen LogP contribution is 2.32. The molecule has 0 aromatic carbocycles. The number of aryl methyl sites for hydroxylation is 2.